The number of methoxy groups -OCH3 is 1. The van der Waals surface area contributed by atoms with Crippen LogP contribution in [0.25, 0.3) is 0 Å². The Morgan fingerprint density at radius 1 is 1.27 bits per heavy atom. The van der Waals surface area contributed by atoms with E-state index < -0.39 is 31.0 Å². The van der Waals surface area contributed by atoms with E-state index >= 15 is 0 Å². The van der Waals surface area contributed by atoms with Crippen LogP contribution in [-0.2, 0) is 19.7 Å². The summed E-state index contributed by atoms with van der Waals surface area (Å²) in [5, 5.41) is 2.13. The molecule has 1 N–H and O–H groups in total. The Morgan fingerprint density at radius 3 is 2.58 bits per heavy atom. The predicted molar refractivity (Wildman–Crippen MR) is 102 cm³/mol. The standard InChI is InChI=1S/C17H28N2O5S2/c1-13-6-7-15(24-4)16(10-13)26(22,23)17-12-25(20,21)11-14(17)18-8-5-9-19(2)3/h6-7,10,14,17-18H,5,8-9,11-12H2,1-4H3/t14-,17-/m0/s1. The van der Waals surface area contributed by atoms with Gasteiger partial charge in [-0.1, -0.05) is 6.07 Å². The van der Waals surface area contributed by atoms with Crippen molar-refractivity contribution in [3.8, 4) is 5.75 Å². The zero-order chi connectivity index (χ0) is 19.5. The lowest BCUT2D eigenvalue weighted by Gasteiger charge is -2.21. The van der Waals surface area contributed by atoms with Crippen molar-refractivity contribution in [1.29, 1.82) is 0 Å². The third-order valence-corrected chi connectivity index (χ3v) is 8.68. The molecule has 1 aromatic carbocycles. The zero-order valence-electron chi connectivity index (χ0n) is 15.7. The Morgan fingerprint density at radius 2 is 1.96 bits per heavy atom. The first-order valence-electron chi connectivity index (χ1n) is 8.54. The van der Waals surface area contributed by atoms with E-state index in [1.165, 1.54) is 7.11 Å². The minimum atomic E-state index is -3.85. The van der Waals surface area contributed by atoms with Gasteiger partial charge < -0.3 is 15.0 Å². The molecule has 0 saturated carbocycles. The molecule has 0 radical (unpaired) electrons. The molecule has 2 atom stereocenters. The number of hydrogen-bond donors (Lipinski definition) is 1. The monoisotopic (exact) mass is 404 g/mol. The summed E-state index contributed by atoms with van der Waals surface area (Å²) in [4.78, 5) is 2.08. The second-order valence-electron chi connectivity index (χ2n) is 7.03. The first kappa shape index (κ1) is 21.1. The molecular formula is C17H28N2O5S2. The quantitative estimate of drug-likeness (QED) is 0.630. The first-order chi connectivity index (χ1) is 12.1. The minimum absolute atomic E-state index is 0.0576. The van der Waals surface area contributed by atoms with Gasteiger partial charge in [0.1, 0.15) is 10.6 Å². The largest absolute Gasteiger partial charge is 0.495 e. The van der Waals surface area contributed by atoms with Gasteiger partial charge in [0.25, 0.3) is 0 Å². The smallest absolute Gasteiger partial charge is 0.187 e. The van der Waals surface area contributed by atoms with E-state index in [9.17, 15) is 16.8 Å². The Bertz CT molecular complexity index is 835. The number of nitrogens with one attached hydrogen (secondary N) is 1. The van der Waals surface area contributed by atoms with Gasteiger partial charge in [-0.3, -0.25) is 0 Å². The maximum atomic E-state index is 13.2. The van der Waals surface area contributed by atoms with Crippen molar-refractivity contribution in [2.75, 3.05) is 45.8 Å². The lowest BCUT2D eigenvalue weighted by atomic mass is 10.2. The number of sulfone groups is 2. The van der Waals surface area contributed by atoms with Gasteiger partial charge >= 0.3 is 0 Å². The summed E-state index contributed by atoms with van der Waals surface area (Å²) >= 11 is 0. The average molecular weight is 405 g/mol. The van der Waals surface area contributed by atoms with Crippen molar-refractivity contribution in [1.82, 2.24) is 10.2 Å². The van der Waals surface area contributed by atoms with Gasteiger partial charge in [-0.15, -0.1) is 0 Å². The van der Waals surface area contributed by atoms with Crippen LogP contribution in [-0.4, -0.2) is 78.8 Å². The lowest BCUT2D eigenvalue weighted by Crippen LogP contribution is -2.44. The van der Waals surface area contributed by atoms with Gasteiger partial charge in [0.2, 0.25) is 0 Å². The molecule has 1 aliphatic heterocycles. The number of hydrogen-bond acceptors (Lipinski definition) is 7. The number of benzene rings is 1. The second kappa shape index (κ2) is 8.24. The van der Waals surface area contributed by atoms with Crippen LogP contribution in [0.2, 0.25) is 0 Å². The summed E-state index contributed by atoms with van der Waals surface area (Å²) in [6.07, 6.45) is 0.810. The van der Waals surface area contributed by atoms with E-state index in [4.69, 9.17) is 4.74 Å². The molecule has 9 heteroatoms. The molecule has 148 valence electrons. The molecule has 1 saturated heterocycles. The highest BCUT2D eigenvalue weighted by atomic mass is 32.2. The minimum Gasteiger partial charge on any atom is -0.495 e. The molecule has 1 fully saturated rings. The molecule has 0 spiro atoms. The van der Waals surface area contributed by atoms with Crippen LogP contribution in [0.4, 0.5) is 0 Å². The van der Waals surface area contributed by atoms with Gasteiger partial charge in [-0.2, -0.15) is 0 Å². The van der Waals surface area contributed by atoms with Crippen molar-refractivity contribution >= 4 is 19.7 Å². The highest BCUT2D eigenvalue weighted by Crippen LogP contribution is 2.32. The Labute approximate surface area is 156 Å². The van der Waals surface area contributed by atoms with Crippen LogP contribution in [0, 0.1) is 6.92 Å². The molecule has 26 heavy (non-hydrogen) atoms. The maximum absolute atomic E-state index is 13.2. The summed E-state index contributed by atoms with van der Waals surface area (Å²) in [6.45, 7) is 3.20. The fraction of sp³-hybridized carbons (Fsp3) is 0.647. The highest BCUT2D eigenvalue weighted by molar-refractivity contribution is 7.96. The molecule has 7 nitrogen and oxygen atoms in total. The van der Waals surface area contributed by atoms with E-state index in [1.807, 2.05) is 19.0 Å². The van der Waals surface area contributed by atoms with Gasteiger partial charge in [0, 0.05) is 6.04 Å². The summed E-state index contributed by atoms with van der Waals surface area (Å²) in [7, 11) is -1.95. The predicted octanol–water partition coefficient (Wildman–Crippen LogP) is 0.484. The molecule has 0 amide bonds. The molecule has 1 aliphatic rings. The molecule has 1 aromatic rings. The molecule has 1 heterocycles. The molecule has 2 rings (SSSR count). The summed E-state index contributed by atoms with van der Waals surface area (Å²) in [5.41, 5.74) is 0.778. The normalized spacial score (nSPS) is 22.7. The first-order valence-corrected chi connectivity index (χ1v) is 11.9. The van der Waals surface area contributed by atoms with Crippen molar-refractivity contribution in [3.63, 3.8) is 0 Å². The van der Waals surface area contributed by atoms with E-state index in [-0.39, 0.29) is 22.2 Å². The summed E-state index contributed by atoms with van der Waals surface area (Å²) in [5.74, 6) is -0.281. The molecule has 0 aromatic heterocycles. The number of nitrogens with zero attached hydrogens (tertiary/aromatic N) is 1. The Hall–Kier alpha value is -1.16. The fourth-order valence-corrected chi connectivity index (χ4v) is 8.12. The molecule has 0 unspecified atom stereocenters. The third kappa shape index (κ3) is 4.97. The Balaban J connectivity index is 2.29. The topological polar surface area (TPSA) is 92.8 Å². The second-order valence-corrected chi connectivity index (χ2v) is 11.3. The van der Waals surface area contributed by atoms with Crippen molar-refractivity contribution in [3.05, 3.63) is 23.8 Å². The van der Waals surface area contributed by atoms with E-state index in [0.29, 0.717) is 6.54 Å². The number of rotatable bonds is 8. The highest BCUT2D eigenvalue weighted by Gasteiger charge is 2.46. The van der Waals surface area contributed by atoms with Crippen LogP contribution in [0.1, 0.15) is 12.0 Å². The van der Waals surface area contributed by atoms with Crippen LogP contribution in [0.5, 0.6) is 5.75 Å². The van der Waals surface area contributed by atoms with Crippen molar-refractivity contribution in [2.24, 2.45) is 0 Å². The lowest BCUT2D eigenvalue weighted by molar-refractivity contribution is 0.388. The van der Waals surface area contributed by atoms with Gasteiger partial charge in [0.15, 0.2) is 19.7 Å². The van der Waals surface area contributed by atoms with Crippen LogP contribution >= 0.6 is 0 Å². The van der Waals surface area contributed by atoms with Crippen LogP contribution in [0.15, 0.2) is 23.1 Å². The average Bonchev–Trinajstić information content (AvgIpc) is 2.87. The summed E-state index contributed by atoms with van der Waals surface area (Å²) in [6, 6.07) is 4.30. The van der Waals surface area contributed by atoms with Crippen molar-refractivity contribution in [2.45, 2.75) is 29.5 Å². The maximum Gasteiger partial charge on any atom is 0.187 e. The molecule has 0 bridgehead atoms. The van der Waals surface area contributed by atoms with Gasteiger partial charge in [-0.05, 0) is 58.2 Å². The van der Waals surface area contributed by atoms with Crippen molar-refractivity contribution < 1.29 is 21.6 Å². The van der Waals surface area contributed by atoms with Gasteiger partial charge in [-0.25, -0.2) is 16.8 Å². The van der Waals surface area contributed by atoms with Crippen LogP contribution < -0.4 is 10.1 Å². The number of aryl methyl sites for hydroxylation is 1. The SMILES string of the molecule is COc1ccc(C)cc1S(=O)(=O)[C@H]1CS(=O)(=O)C[C@@H]1NCCCN(C)C. The molecule has 0 aliphatic carbocycles. The van der Waals surface area contributed by atoms with E-state index in [1.54, 1.807) is 25.1 Å². The van der Waals surface area contributed by atoms with Crippen LogP contribution in [0.3, 0.4) is 0 Å². The number of ether oxygens (including phenoxy) is 1. The summed E-state index contributed by atoms with van der Waals surface area (Å²) < 4.78 is 55.9. The fourth-order valence-electron chi connectivity index (χ4n) is 3.16. The van der Waals surface area contributed by atoms with Gasteiger partial charge in [0.05, 0.1) is 23.9 Å². The molecular weight excluding hydrogens is 376 g/mol. The van der Waals surface area contributed by atoms with E-state index in [0.717, 1.165) is 18.5 Å². The Kier molecular flexibility index (Phi) is 6.70. The zero-order valence-corrected chi connectivity index (χ0v) is 17.4. The third-order valence-electron chi connectivity index (χ3n) is 4.51. The van der Waals surface area contributed by atoms with E-state index in [2.05, 4.69) is 5.32 Å².